The van der Waals surface area contributed by atoms with E-state index in [-0.39, 0.29) is 40.0 Å². The van der Waals surface area contributed by atoms with Gasteiger partial charge in [0.2, 0.25) is 10.0 Å². The minimum atomic E-state index is -3.59. The molecule has 1 aliphatic heterocycles. The van der Waals surface area contributed by atoms with E-state index in [2.05, 4.69) is 5.32 Å². The van der Waals surface area contributed by atoms with E-state index in [0.717, 1.165) is 0 Å². The summed E-state index contributed by atoms with van der Waals surface area (Å²) < 4.78 is 26.8. The molecule has 2 atom stereocenters. The average Bonchev–Trinajstić information content (AvgIpc) is 2.41. The fourth-order valence-electron chi connectivity index (χ4n) is 2.21. The van der Waals surface area contributed by atoms with Crippen LogP contribution in [0.4, 0.5) is 0 Å². The number of hydrogen-bond donors (Lipinski definition) is 1. The Kier molecular flexibility index (Phi) is 6.02. The molecule has 5 nitrogen and oxygen atoms in total. The lowest BCUT2D eigenvalue weighted by Gasteiger charge is -2.36. The summed E-state index contributed by atoms with van der Waals surface area (Å²) >= 11 is 5.92. The molecule has 0 amide bonds. The van der Waals surface area contributed by atoms with Crippen molar-refractivity contribution in [2.24, 2.45) is 0 Å². The van der Waals surface area contributed by atoms with Gasteiger partial charge in [0.05, 0.1) is 15.5 Å². The van der Waals surface area contributed by atoms with E-state index in [1.807, 2.05) is 19.9 Å². The van der Waals surface area contributed by atoms with Gasteiger partial charge in [-0.3, -0.25) is 0 Å². The van der Waals surface area contributed by atoms with E-state index >= 15 is 0 Å². The number of nitrogens with one attached hydrogen (secondary N) is 1. The fraction of sp³-hybridized carbons (Fsp3) is 0.462. The molecule has 0 aliphatic carbocycles. The van der Waals surface area contributed by atoms with Gasteiger partial charge in [-0.1, -0.05) is 11.6 Å². The third-order valence-corrected chi connectivity index (χ3v) is 5.66. The summed E-state index contributed by atoms with van der Waals surface area (Å²) in [4.78, 5) is 0.127. The van der Waals surface area contributed by atoms with Crippen LogP contribution in [0.15, 0.2) is 23.1 Å². The molecule has 2 rings (SSSR count). The third kappa shape index (κ3) is 3.68. The van der Waals surface area contributed by atoms with Crippen LogP contribution in [0.3, 0.4) is 0 Å². The number of piperazine rings is 1. The van der Waals surface area contributed by atoms with Gasteiger partial charge in [0.15, 0.2) is 0 Å². The van der Waals surface area contributed by atoms with Gasteiger partial charge in [-0.05, 0) is 32.0 Å². The molecule has 1 aromatic rings. The summed E-state index contributed by atoms with van der Waals surface area (Å²) in [5.41, 5.74) is 0.271. The van der Waals surface area contributed by atoms with Gasteiger partial charge in [0.1, 0.15) is 6.07 Å². The van der Waals surface area contributed by atoms with E-state index in [9.17, 15) is 8.42 Å². The first-order valence-electron chi connectivity index (χ1n) is 6.31. The standard InChI is InChI=1S/C13H16ClN3O2S.ClH/c1-9-8-17(10(2)7-16-9)20(18,19)12-4-3-11(6-15)13(14)5-12;/h3-5,9-10,16H,7-8H2,1-2H3;1H. The Labute approximate surface area is 136 Å². The number of rotatable bonds is 2. The normalized spacial score (nSPS) is 23.1. The highest BCUT2D eigenvalue weighted by Gasteiger charge is 2.33. The summed E-state index contributed by atoms with van der Waals surface area (Å²) in [5, 5.41) is 12.2. The SMILES string of the molecule is CC1CN(S(=O)(=O)c2ccc(C#N)c(Cl)c2)C(C)CN1.Cl. The van der Waals surface area contributed by atoms with E-state index in [1.165, 1.54) is 22.5 Å². The molecule has 0 aromatic heterocycles. The zero-order valence-corrected chi connectivity index (χ0v) is 14.1. The van der Waals surface area contributed by atoms with E-state index < -0.39 is 10.0 Å². The third-order valence-electron chi connectivity index (χ3n) is 3.37. The zero-order chi connectivity index (χ0) is 14.9. The minimum absolute atomic E-state index is 0. The number of halogens is 2. The van der Waals surface area contributed by atoms with Crippen molar-refractivity contribution < 1.29 is 8.42 Å². The second-order valence-corrected chi connectivity index (χ2v) is 7.28. The maximum Gasteiger partial charge on any atom is 0.243 e. The van der Waals surface area contributed by atoms with Crippen LogP contribution in [0.2, 0.25) is 5.02 Å². The summed E-state index contributed by atoms with van der Waals surface area (Å²) in [6.45, 7) is 4.84. The summed E-state index contributed by atoms with van der Waals surface area (Å²) in [5.74, 6) is 0. The molecule has 0 saturated carbocycles. The molecule has 1 aromatic carbocycles. The lowest BCUT2D eigenvalue weighted by Crippen LogP contribution is -2.56. The Morgan fingerprint density at radius 3 is 2.67 bits per heavy atom. The van der Waals surface area contributed by atoms with Crippen molar-refractivity contribution in [1.82, 2.24) is 9.62 Å². The first kappa shape index (κ1) is 18.2. The smallest absolute Gasteiger partial charge is 0.243 e. The summed E-state index contributed by atoms with van der Waals surface area (Å²) in [6, 6.07) is 6.11. The molecule has 0 spiro atoms. The molecule has 1 saturated heterocycles. The van der Waals surface area contributed by atoms with Crippen LogP contribution in [0, 0.1) is 11.3 Å². The maximum atomic E-state index is 12.7. The molecule has 116 valence electrons. The van der Waals surface area contributed by atoms with E-state index in [0.29, 0.717) is 13.1 Å². The minimum Gasteiger partial charge on any atom is -0.311 e. The van der Waals surface area contributed by atoms with E-state index in [4.69, 9.17) is 16.9 Å². The Morgan fingerprint density at radius 2 is 2.10 bits per heavy atom. The highest BCUT2D eigenvalue weighted by atomic mass is 35.5. The van der Waals surface area contributed by atoms with Gasteiger partial charge >= 0.3 is 0 Å². The molecule has 1 heterocycles. The second-order valence-electron chi connectivity index (χ2n) is 4.99. The molecule has 8 heteroatoms. The monoisotopic (exact) mass is 349 g/mol. The number of benzene rings is 1. The molecule has 2 unspecified atom stereocenters. The van der Waals surface area contributed by atoms with Crippen LogP contribution >= 0.6 is 24.0 Å². The number of nitrogens with zero attached hydrogens (tertiary/aromatic N) is 2. The Bertz CT molecular complexity index is 658. The van der Waals surface area contributed by atoms with Crippen molar-refractivity contribution in [1.29, 1.82) is 5.26 Å². The fourth-order valence-corrected chi connectivity index (χ4v) is 4.24. The zero-order valence-electron chi connectivity index (χ0n) is 11.7. The van der Waals surface area contributed by atoms with Gasteiger partial charge in [-0.25, -0.2) is 8.42 Å². The number of sulfonamides is 1. The van der Waals surface area contributed by atoms with E-state index in [1.54, 1.807) is 0 Å². The molecular formula is C13H17Cl2N3O2S. The predicted molar refractivity (Wildman–Crippen MR) is 84.2 cm³/mol. The summed E-state index contributed by atoms with van der Waals surface area (Å²) in [7, 11) is -3.59. The molecule has 1 fully saturated rings. The predicted octanol–water partition coefficient (Wildman–Crippen LogP) is 2.00. The molecule has 1 aliphatic rings. The molecule has 1 N–H and O–H groups in total. The van der Waals surface area contributed by atoms with Crippen molar-refractivity contribution in [2.75, 3.05) is 13.1 Å². The van der Waals surface area contributed by atoms with Crippen LogP contribution in [0.1, 0.15) is 19.4 Å². The largest absolute Gasteiger partial charge is 0.311 e. The van der Waals surface area contributed by atoms with Crippen LogP contribution in [0.25, 0.3) is 0 Å². The lowest BCUT2D eigenvalue weighted by atomic mass is 10.2. The highest BCUT2D eigenvalue weighted by Crippen LogP contribution is 2.25. The molecule has 0 radical (unpaired) electrons. The first-order valence-corrected chi connectivity index (χ1v) is 8.13. The van der Waals surface area contributed by atoms with Crippen molar-refractivity contribution in [2.45, 2.75) is 30.8 Å². The second kappa shape index (κ2) is 6.95. The first-order chi connectivity index (χ1) is 9.36. The van der Waals surface area contributed by atoms with Crippen LogP contribution < -0.4 is 5.32 Å². The number of hydrogen-bond acceptors (Lipinski definition) is 4. The highest BCUT2D eigenvalue weighted by molar-refractivity contribution is 7.89. The average molecular weight is 350 g/mol. The topological polar surface area (TPSA) is 73.2 Å². The van der Waals surface area contributed by atoms with Crippen molar-refractivity contribution in [3.05, 3.63) is 28.8 Å². The van der Waals surface area contributed by atoms with Gasteiger partial charge < -0.3 is 5.32 Å². The van der Waals surface area contributed by atoms with Crippen LogP contribution in [0.5, 0.6) is 0 Å². The maximum absolute atomic E-state index is 12.7. The van der Waals surface area contributed by atoms with Gasteiger partial charge in [-0.15, -0.1) is 12.4 Å². The number of nitriles is 1. The Hall–Kier alpha value is -0.840. The quantitative estimate of drug-likeness (QED) is 0.886. The summed E-state index contributed by atoms with van der Waals surface area (Å²) in [6.07, 6.45) is 0. The van der Waals surface area contributed by atoms with Gasteiger partial charge in [-0.2, -0.15) is 9.57 Å². The van der Waals surface area contributed by atoms with Crippen molar-refractivity contribution in [3.63, 3.8) is 0 Å². The molecule has 21 heavy (non-hydrogen) atoms. The molecular weight excluding hydrogens is 333 g/mol. The van der Waals surface area contributed by atoms with Gasteiger partial charge in [0, 0.05) is 25.2 Å². The van der Waals surface area contributed by atoms with Crippen LogP contribution in [-0.2, 0) is 10.0 Å². The van der Waals surface area contributed by atoms with Gasteiger partial charge in [0.25, 0.3) is 0 Å². The molecule has 0 bridgehead atoms. The Morgan fingerprint density at radius 1 is 1.43 bits per heavy atom. The Balaban J connectivity index is 0.00000220. The van der Waals surface area contributed by atoms with Crippen molar-refractivity contribution >= 4 is 34.0 Å². The van der Waals surface area contributed by atoms with Crippen molar-refractivity contribution in [3.8, 4) is 6.07 Å². The lowest BCUT2D eigenvalue weighted by molar-refractivity contribution is 0.244. The van der Waals surface area contributed by atoms with Crippen LogP contribution in [-0.4, -0.2) is 37.9 Å².